The van der Waals surface area contributed by atoms with Gasteiger partial charge >= 0.3 is 5.97 Å². The van der Waals surface area contributed by atoms with Crippen LogP contribution in [0.3, 0.4) is 0 Å². The molecular formula is C24H17ClN2O4. The predicted octanol–water partition coefficient (Wildman–Crippen LogP) is 4.24. The largest absolute Gasteiger partial charge is 0.456 e. The lowest BCUT2D eigenvalue weighted by Crippen LogP contribution is -2.17. The van der Waals surface area contributed by atoms with Crippen molar-refractivity contribution < 1.29 is 14.3 Å². The number of aryl methyl sites for hydroxylation is 1. The molecule has 2 heterocycles. The molecule has 0 unspecified atom stereocenters. The fourth-order valence-electron chi connectivity index (χ4n) is 3.17. The molecule has 0 atom stereocenters. The maximum absolute atomic E-state index is 12.9. The quantitative estimate of drug-likeness (QED) is 0.348. The van der Waals surface area contributed by atoms with E-state index in [2.05, 4.69) is 4.98 Å². The van der Waals surface area contributed by atoms with Crippen molar-refractivity contribution >= 4 is 29.0 Å². The van der Waals surface area contributed by atoms with E-state index in [0.29, 0.717) is 21.9 Å². The minimum absolute atomic E-state index is 0.135. The van der Waals surface area contributed by atoms with E-state index < -0.39 is 5.97 Å². The van der Waals surface area contributed by atoms with Crippen molar-refractivity contribution in [1.82, 2.24) is 9.38 Å². The van der Waals surface area contributed by atoms with E-state index in [4.69, 9.17) is 16.3 Å². The first-order valence-electron chi connectivity index (χ1n) is 9.48. The number of pyridine rings is 1. The van der Waals surface area contributed by atoms with E-state index in [-0.39, 0.29) is 29.1 Å². The first-order valence-corrected chi connectivity index (χ1v) is 9.85. The van der Waals surface area contributed by atoms with Crippen molar-refractivity contribution in [3.8, 4) is 0 Å². The molecule has 0 aliphatic heterocycles. The number of aromatic nitrogens is 2. The number of carbonyl (C=O) groups is 2. The molecular weight excluding hydrogens is 416 g/mol. The summed E-state index contributed by atoms with van der Waals surface area (Å²) in [5.74, 6) is -0.995. The lowest BCUT2D eigenvalue weighted by atomic mass is 9.98. The van der Waals surface area contributed by atoms with Crippen LogP contribution in [0, 0.1) is 6.92 Å². The molecule has 0 amide bonds. The second-order valence-electron chi connectivity index (χ2n) is 6.98. The molecule has 0 saturated carbocycles. The van der Waals surface area contributed by atoms with E-state index in [1.807, 2.05) is 13.0 Å². The average molecular weight is 433 g/mol. The first-order chi connectivity index (χ1) is 14.9. The first kappa shape index (κ1) is 20.5. The minimum Gasteiger partial charge on any atom is -0.456 e. The van der Waals surface area contributed by atoms with E-state index in [1.54, 1.807) is 54.7 Å². The highest BCUT2D eigenvalue weighted by molar-refractivity contribution is 6.30. The molecule has 0 fully saturated rings. The van der Waals surface area contributed by atoms with Crippen LogP contribution in [0.1, 0.15) is 37.5 Å². The Morgan fingerprint density at radius 3 is 2.45 bits per heavy atom. The third-order valence-corrected chi connectivity index (χ3v) is 4.96. The highest BCUT2D eigenvalue weighted by atomic mass is 35.5. The number of benzene rings is 2. The molecule has 4 rings (SSSR count). The average Bonchev–Trinajstić information content (AvgIpc) is 2.78. The van der Waals surface area contributed by atoms with Crippen molar-refractivity contribution in [3.05, 3.63) is 116 Å². The van der Waals surface area contributed by atoms with Crippen LogP contribution in [0.15, 0.2) is 77.7 Å². The molecule has 0 radical (unpaired) electrons. The minimum atomic E-state index is -0.677. The molecule has 0 spiro atoms. The summed E-state index contributed by atoms with van der Waals surface area (Å²) in [6.07, 6.45) is 1.69. The Kier molecular flexibility index (Phi) is 5.64. The van der Waals surface area contributed by atoms with Crippen LogP contribution in [-0.2, 0) is 11.3 Å². The standard InChI is InChI=1S/C24H17ClN2O4/c1-15-6-11-21-26-18(12-22(28)27(21)13-15)14-31-24(30)20-5-3-2-4-19(20)23(29)16-7-9-17(25)10-8-16/h2-13H,14H2,1H3. The van der Waals surface area contributed by atoms with Crippen LogP contribution in [-0.4, -0.2) is 21.1 Å². The van der Waals surface area contributed by atoms with Crippen LogP contribution in [0.4, 0.5) is 0 Å². The molecule has 154 valence electrons. The van der Waals surface area contributed by atoms with E-state index in [0.717, 1.165) is 5.56 Å². The van der Waals surface area contributed by atoms with Gasteiger partial charge in [0.2, 0.25) is 0 Å². The second kappa shape index (κ2) is 8.53. The molecule has 0 N–H and O–H groups in total. The van der Waals surface area contributed by atoms with Crippen LogP contribution < -0.4 is 5.56 Å². The predicted molar refractivity (Wildman–Crippen MR) is 117 cm³/mol. The smallest absolute Gasteiger partial charge is 0.339 e. The summed E-state index contributed by atoms with van der Waals surface area (Å²) in [7, 11) is 0. The molecule has 7 heteroatoms. The lowest BCUT2D eigenvalue weighted by Gasteiger charge is -2.10. The SMILES string of the molecule is Cc1ccc2nc(COC(=O)c3ccccc3C(=O)c3ccc(Cl)cc3)cc(=O)n2c1. The van der Waals surface area contributed by atoms with Gasteiger partial charge in [-0.25, -0.2) is 9.78 Å². The molecule has 6 nitrogen and oxygen atoms in total. The normalized spacial score (nSPS) is 10.8. The number of halogens is 1. The van der Waals surface area contributed by atoms with Crippen LogP contribution in [0.25, 0.3) is 5.65 Å². The van der Waals surface area contributed by atoms with Crippen molar-refractivity contribution in [2.45, 2.75) is 13.5 Å². The summed E-state index contributed by atoms with van der Waals surface area (Å²) < 4.78 is 6.80. The molecule has 0 bridgehead atoms. The van der Waals surface area contributed by atoms with Gasteiger partial charge in [-0.1, -0.05) is 35.9 Å². The third-order valence-electron chi connectivity index (χ3n) is 4.71. The van der Waals surface area contributed by atoms with Crippen LogP contribution in [0.2, 0.25) is 5.02 Å². The van der Waals surface area contributed by atoms with Gasteiger partial charge < -0.3 is 4.74 Å². The molecule has 2 aromatic carbocycles. The van der Waals surface area contributed by atoms with Crippen LogP contribution in [0.5, 0.6) is 0 Å². The highest BCUT2D eigenvalue weighted by Gasteiger charge is 2.19. The van der Waals surface area contributed by atoms with Gasteiger partial charge in [-0.3, -0.25) is 14.0 Å². The van der Waals surface area contributed by atoms with E-state index in [9.17, 15) is 14.4 Å². The van der Waals surface area contributed by atoms with Gasteiger partial charge in [-0.15, -0.1) is 0 Å². The third kappa shape index (κ3) is 4.39. The molecule has 0 aliphatic carbocycles. The fraction of sp³-hybridized carbons (Fsp3) is 0.0833. The molecule has 2 aromatic heterocycles. The summed E-state index contributed by atoms with van der Waals surface area (Å²) in [5, 5.41) is 0.512. The number of carbonyl (C=O) groups excluding carboxylic acids is 2. The van der Waals surface area contributed by atoms with Crippen molar-refractivity contribution in [2.24, 2.45) is 0 Å². The Bertz CT molecular complexity index is 1360. The maximum Gasteiger partial charge on any atom is 0.339 e. The Balaban J connectivity index is 1.57. The Morgan fingerprint density at radius 2 is 1.71 bits per heavy atom. The Morgan fingerprint density at radius 1 is 1.00 bits per heavy atom. The lowest BCUT2D eigenvalue weighted by molar-refractivity contribution is 0.0465. The van der Waals surface area contributed by atoms with Gasteiger partial charge in [0, 0.05) is 28.4 Å². The topological polar surface area (TPSA) is 77.7 Å². The van der Waals surface area contributed by atoms with E-state index >= 15 is 0 Å². The van der Waals surface area contributed by atoms with Crippen molar-refractivity contribution in [3.63, 3.8) is 0 Å². The second-order valence-corrected chi connectivity index (χ2v) is 7.41. The number of ketones is 1. The molecule has 0 saturated heterocycles. The van der Waals surface area contributed by atoms with Crippen molar-refractivity contribution in [2.75, 3.05) is 0 Å². The molecule has 0 aliphatic rings. The zero-order valence-electron chi connectivity index (χ0n) is 16.5. The van der Waals surface area contributed by atoms with Gasteiger partial charge in [0.15, 0.2) is 5.78 Å². The van der Waals surface area contributed by atoms with Crippen LogP contribution >= 0.6 is 11.6 Å². The van der Waals surface area contributed by atoms with Gasteiger partial charge in [0.1, 0.15) is 12.3 Å². The summed E-state index contributed by atoms with van der Waals surface area (Å²) in [4.78, 5) is 42.3. The highest BCUT2D eigenvalue weighted by Crippen LogP contribution is 2.18. The summed E-state index contributed by atoms with van der Waals surface area (Å²) in [6.45, 7) is 1.69. The van der Waals surface area contributed by atoms with E-state index in [1.165, 1.54) is 16.5 Å². The van der Waals surface area contributed by atoms with Gasteiger partial charge in [-0.2, -0.15) is 0 Å². The zero-order chi connectivity index (χ0) is 22.0. The van der Waals surface area contributed by atoms with Gasteiger partial charge in [-0.05, 0) is 48.9 Å². The van der Waals surface area contributed by atoms with Gasteiger partial charge in [0.05, 0.1) is 11.3 Å². The number of hydrogen-bond donors (Lipinski definition) is 0. The number of rotatable bonds is 5. The maximum atomic E-state index is 12.9. The number of fused-ring (bicyclic) bond motifs is 1. The van der Waals surface area contributed by atoms with Gasteiger partial charge in [0.25, 0.3) is 5.56 Å². The Hall–Kier alpha value is -3.77. The summed E-state index contributed by atoms with van der Waals surface area (Å²) in [5.41, 5.74) is 2.21. The zero-order valence-corrected chi connectivity index (χ0v) is 17.3. The number of esters is 1. The Labute approximate surface area is 182 Å². The monoisotopic (exact) mass is 432 g/mol. The number of ether oxygens (including phenoxy) is 1. The molecule has 31 heavy (non-hydrogen) atoms. The summed E-state index contributed by atoms with van der Waals surface area (Å²) in [6, 6.07) is 17.7. The summed E-state index contributed by atoms with van der Waals surface area (Å²) >= 11 is 5.88. The number of nitrogens with zero attached hydrogens (tertiary/aromatic N) is 2. The fourth-order valence-corrected chi connectivity index (χ4v) is 3.29. The molecule has 4 aromatic rings. The van der Waals surface area contributed by atoms with Crippen molar-refractivity contribution in [1.29, 1.82) is 0 Å². The number of hydrogen-bond acceptors (Lipinski definition) is 5.